The van der Waals surface area contributed by atoms with E-state index in [-0.39, 0.29) is 17.9 Å². The molecule has 1 aliphatic heterocycles. The number of nitriles is 1. The Morgan fingerprint density at radius 2 is 2.04 bits per heavy atom. The number of aryl methyl sites for hydroxylation is 2. The Hall–Kier alpha value is -3.00. The molecule has 5 heteroatoms. The van der Waals surface area contributed by atoms with Crippen LogP contribution >= 0.6 is 0 Å². The minimum absolute atomic E-state index is 0.0506. The maximum atomic E-state index is 13.1. The zero-order valence-corrected chi connectivity index (χ0v) is 16.8. The molecule has 0 saturated carbocycles. The zero-order chi connectivity index (χ0) is 20.3. The Balaban J connectivity index is 1.82. The number of nitrogens with one attached hydrogen (secondary N) is 1. The Bertz CT molecular complexity index is 915. The summed E-state index contributed by atoms with van der Waals surface area (Å²) in [4.78, 5) is 13.1. The minimum Gasteiger partial charge on any atom is -0.493 e. The van der Waals surface area contributed by atoms with E-state index in [0.29, 0.717) is 24.3 Å². The SMILES string of the molecule is Cc1cc(C)c2c(c1)C(NC(=O)C(Oc1ccccc1C#N)C(C)C)CCO2. The molecule has 0 fully saturated rings. The van der Waals surface area contributed by atoms with Crippen molar-refractivity contribution in [2.75, 3.05) is 6.61 Å². The number of para-hydroxylation sites is 1. The second-order valence-electron chi connectivity index (χ2n) is 7.59. The molecule has 1 aliphatic rings. The second kappa shape index (κ2) is 8.35. The highest BCUT2D eigenvalue weighted by Crippen LogP contribution is 2.36. The van der Waals surface area contributed by atoms with Gasteiger partial charge in [-0.1, -0.05) is 43.7 Å². The lowest BCUT2D eigenvalue weighted by Crippen LogP contribution is -2.44. The van der Waals surface area contributed by atoms with Crippen molar-refractivity contribution in [3.8, 4) is 17.6 Å². The highest BCUT2D eigenvalue weighted by atomic mass is 16.5. The molecule has 0 spiro atoms. The van der Waals surface area contributed by atoms with Gasteiger partial charge < -0.3 is 14.8 Å². The number of hydrogen-bond acceptors (Lipinski definition) is 4. The van der Waals surface area contributed by atoms with Crippen molar-refractivity contribution >= 4 is 5.91 Å². The fourth-order valence-corrected chi connectivity index (χ4v) is 3.57. The van der Waals surface area contributed by atoms with Gasteiger partial charge in [0.15, 0.2) is 6.10 Å². The van der Waals surface area contributed by atoms with Crippen molar-refractivity contribution in [1.82, 2.24) is 5.32 Å². The number of ether oxygens (including phenoxy) is 2. The van der Waals surface area contributed by atoms with E-state index in [1.54, 1.807) is 24.3 Å². The van der Waals surface area contributed by atoms with E-state index < -0.39 is 6.10 Å². The third-order valence-corrected chi connectivity index (χ3v) is 4.92. The van der Waals surface area contributed by atoms with Crippen LogP contribution in [-0.4, -0.2) is 18.6 Å². The number of rotatable bonds is 5. The Kier molecular flexibility index (Phi) is 5.89. The topological polar surface area (TPSA) is 71.3 Å². The summed E-state index contributed by atoms with van der Waals surface area (Å²) < 4.78 is 11.8. The van der Waals surface area contributed by atoms with E-state index in [9.17, 15) is 10.1 Å². The molecule has 2 unspecified atom stereocenters. The molecule has 1 N–H and O–H groups in total. The molecule has 0 saturated heterocycles. The highest BCUT2D eigenvalue weighted by Gasteiger charge is 2.30. The largest absolute Gasteiger partial charge is 0.493 e. The summed E-state index contributed by atoms with van der Waals surface area (Å²) in [5.74, 6) is 1.06. The van der Waals surface area contributed by atoms with Gasteiger partial charge in [-0.25, -0.2) is 0 Å². The Labute approximate surface area is 166 Å². The fourth-order valence-electron chi connectivity index (χ4n) is 3.57. The van der Waals surface area contributed by atoms with Crippen molar-refractivity contribution in [2.45, 2.75) is 46.3 Å². The average Bonchev–Trinajstić information content (AvgIpc) is 2.66. The fraction of sp³-hybridized carbons (Fsp3) is 0.391. The van der Waals surface area contributed by atoms with E-state index in [1.165, 1.54) is 0 Å². The zero-order valence-electron chi connectivity index (χ0n) is 16.8. The van der Waals surface area contributed by atoms with Crippen LogP contribution in [0.25, 0.3) is 0 Å². The van der Waals surface area contributed by atoms with Crippen molar-refractivity contribution < 1.29 is 14.3 Å². The lowest BCUT2D eigenvalue weighted by atomic mass is 9.95. The van der Waals surface area contributed by atoms with E-state index in [2.05, 4.69) is 23.5 Å². The van der Waals surface area contributed by atoms with Crippen LogP contribution in [0, 0.1) is 31.1 Å². The maximum Gasteiger partial charge on any atom is 0.261 e. The van der Waals surface area contributed by atoms with Gasteiger partial charge in [-0.15, -0.1) is 0 Å². The first-order chi connectivity index (χ1) is 13.4. The molecule has 3 rings (SSSR count). The lowest BCUT2D eigenvalue weighted by Gasteiger charge is -2.30. The third-order valence-electron chi connectivity index (χ3n) is 4.92. The van der Waals surface area contributed by atoms with Crippen molar-refractivity contribution in [1.29, 1.82) is 5.26 Å². The predicted octanol–water partition coefficient (Wildman–Crippen LogP) is 4.22. The summed E-state index contributed by atoms with van der Waals surface area (Å²) in [7, 11) is 0. The van der Waals surface area contributed by atoms with Gasteiger partial charge >= 0.3 is 0 Å². The van der Waals surface area contributed by atoms with Gasteiger partial charge in [0.25, 0.3) is 5.91 Å². The first-order valence-electron chi connectivity index (χ1n) is 9.60. The summed E-state index contributed by atoms with van der Waals surface area (Å²) >= 11 is 0. The quantitative estimate of drug-likeness (QED) is 0.846. The van der Waals surface area contributed by atoms with Crippen LogP contribution in [0.3, 0.4) is 0 Å². The summed E-state index contributed by atoms with van der Waals surface area (Å²) in [5.41, 5.74) is 3.65. The number of carbonyl (C=O) groups excluding carboxylic acids is 1. The van der Waals surface area contributed by atoms with E-state index in [0.717, 1.165) is 22.4 Å². The maximum absolute atomic E-state index is 13.1. The van der Waals surface area contributed by atoms with Crippen LogP contribution in [0.15, 0.2) is 36.4 Å². The molecule has 2 aromatic rings. The van der Waals surface area contributed by atoms with Crippen molar-refractivity contribution in [3.05, 3.63) is 58.7 Å². The molecule has 2 atom stereocenters. The Morgan fingerprint density at radius 1 is 1.29 bits per heavy atom. The number of amides is 1. The van der Waals surface area contributed by atoms with Crippen molar-refractivity contribution in [2.24, 2.45) is 5.92 Å². The molecule has 2 aromatic carbocycles. The van der Waals surface area contributed by atoms with Crippen LogP contribution in [-0.2, 0) is 4.79 Å². The molecular weight excluding hydrogens is 352 g/mol. The summed E-state index contributed by atoms with van der Waals surface area (Å²) in [6.07, 6.45) is 0.0213. The van der Waals surface area contributed by atoms with Gasteiger partial charge in [0.2, 0.25) is 0 Å². The number of nitrogens with zero attached hydrogens (tertiary/aromatic N) is 1. The van der Waals surface area contributed by atoms with E-state index in [4.69, 9.17) is 9.47 Å². The number of fused-ring (bicyclic) bond motifs is 1. The van der Waals surface area contributed by atoms with Gasteiger partial charge in [0.1, 0.15) is 17.6 Å². The molecule has 1 amide bonds. The van der Waals surface area contributed by atoms with Crippen LogP contribution < -0.4 is 14.8 Å². The molecular formula is C23H26N2O3. The third kappa shape index (κ3) is 4.12. The van der Waals surface area contributed by atoms with Crippen LogP contribution in [0.5, 0.6) is 11.5 Å². The number of hydrogen-bond donors (Lipinski definition) is 1. The van der Waals surface area contributed by atoms with Gasteiger partial charge in [-0.2, -0.15) is 5.26 Å². The first-order valence-corrected chi connectivity index (χ1v) is 9.60. The molecule has 1 heterocycles. The van der Waals surface area contributed by atoms with E-state index >= 15 is 0 Å². The van der Waals surface area contributed by atoms with Gasteiger partial charge in [-0.3, -0.25) is 4.79 Å². The van der Waals surface area contributed by atoms with Gasteiger partial charge in [0, 0.05) is 12.0 Å². The number of carbonyl (C=O) groups is 1. The first kappa shape index (κ1) is 19.8. The smallest absolute Gasteiger partial charge is 0.261 e. The Morgan fingerprint density at radius 3 is 2.75 bits per heavy atom. The van der Waals surface area contributed by atoms with Crippen molar-refractivity contribution in [3.63, 3.8) is 0 Å². The molecule has 146 valence electrons. The van der Waals surface area contributed by atoms with Gasteiger partial charge in [-0.05, 0) is 37.5 Å². The molecule has 0 aliphatic carbocycles. The normalized spacial score (nSPS) is 16.5. The molecule has 5 nitrogen and oxygen atoms in total. The minimum atomic E-state index is -0.688. The second-order valence-corrected chi connectivity index (χ2v) is 7.59. The molecule has 0 aromatic heterocycles. The van der Waals surface area contributed by atoms with Crippen LogP contribution in [0.2, 0.25) is 0 Å². The molecule has 0 radical (unpaired) electrons. The van der Waals surface area contributed by atoms with Gasteiger partial charge in [0.05, 0.1) is 18.2 Å². The monoisotopic (exact) mass is 378 g/mol. The summed E-state index contributed by atoms with van der Waals surface area (Å²) in [6.45, 7) is 8.50. The standard InChI is InChI=1S/C23H26N2O3/c1-14(2)21(28-20-8-6-5-7-17(20)13-24)23(26)25-19-9-10-27-22-16(4)11-15(3)12-18(19)22/h5-8,11-12,14,19,21H,9-10H2,1-4H3,(H,25,26). The van der Waals surface area contributed by atoms with Crippen LogP contribution in [0.4, 0.5) is 0 Å². The summed E-state index contributed by atoms with van der Waals surface area (Å²) in [5, 5.41) is 12.4. The molecule has 28 heavy (non-hydrogen) atoms. The molecule has 0 bridgehead atoms. The summed E-state index contributed by atoms with van der Waals surface area (Å²) in [6, 6.07) is 13.1. The highest BCUT2D eigenvalue weighted by molar-refractivity contribution is 5.82. The van der Waals surface area contributed by atoms with E-state index in [1.807, 2.05) is 27.7 Å². The van der Waals surface area contributed by atoms with Crippen LogP contribution in [0.1, 0.15) is 48.6 Å². The predicted molar refractivity (Wildman–Crippen MR) is 107 cm³/mol. The average molecular weight is 378 g/mol. The lowest BCUT2D eigenvalue weighted by molar-refractivity contribution is -0.130. The number of benzene rings is 2.